The third-order valence-electron chi connectivity index (χ3n) is 3.41. The minimum absolute atomic E-state index is 0.126. The fourth-order valence-electron chi connectivity index (χ4n) is 2.04. The zero-order valence-corrected chi connectivity index (χ0v) is 13.7. The van der Waals surface area contributed by atoms with Crippen molar-refractivity contribution in [1.29, 1.82) is 0 Å². The molecule has 3 heterocycles. The van der Waals surface area contributed by atoms with E-state index in [-0.39, 0.29) is 12.3 Å². The van der Waals surface area contributed by atoms with E-state index in [0.29, 0.717) is 29.3 Å². The van der Waals surface area contributed by atoms with Crippen molar-refractivity contribution < 1.29 is 9.21 Å². The molecule has 3 aromatic heterocycles. The first-order valence-corrected chi connectivity index (χ1v) is 9.02. The summed E-state index contributed by atoms with van der Waals surface area (Å²) in [6, 6.07) is 1.92. The molecular formula is C14H13N5O2S2. The average Bonchev–Trinajstić information content (AvgIpc) is 3.00. The molecular weight excluding hydrogens is 334 g/mol. The first-order valence-electron chi connectivity index (χ1n) is 7.26. The summed E-state index contributed by atoms with van der Waals surface area (Å²) in [4.78, 5) is 12.0. The van der Waals surface area contributed by atoms with Crippen LogP contribution in [0.1, 0.15) is 36.1 Å². The number of hydrogen-bond acceptors (Lipinski definition) is 8. The SMILES string of the molecule is O=C(CCc1nnc(-c2ccsc2)o1)Nc1nnc(C2CC2)s1. The molecule has 0 bridgehead atoms. The van der Waals surface area contributed by atoms with Crippen LogP contribution < -0.4 is 5.32 Å². The van der Waals surface area contributed by atoms with Crippen LogP contribution in [0.2, 0.25) is 0 Å². The number of carbonyl (C=O) groups excluding carboxylic acids is 1. The van der Waals surface area contributed by atoms with E-state index in [2.05, 4.69) is 25.7 Å². The van der Waals surface area contributed by atoms with Crippen molar-refractivity contribution in [2.24, 2.45) is 0 Å². The van der Waals surface area contributed by atoms with Crippen molar-refractivity contribution in [3.63, 3.8) is 0 Å². The molecule has 9 heteroatoms. The molecule has 0 saturated heterocycles. The molecule has 1 N–H and O–H groups in total. The lowest BCUT2D eigenvalue weighted by atomic mass is 10.3. The van der Waals surface area contributed by atoms with Crippen molar-refractivity contribution in [3.05, 3.63) is 27.7 Å². The second kappa shape index (κ2) is 6.17. The second-order valence-corrected chi connectivity index (χ2v) is 7.07. The molecule has 0 spiro atoms. The van der Waals surface area contributed by atoms with E-state index in [0.717, 1.165) is 10.6 Å². The Balaban J connectivity index is 1.30. The Bertz CT molecular complexity index is 807. The monoisotopic (exact) mass is 347 g/mol. The summed E-state index contributed by atoms with van der Waals surface area (Å²) in [5, 5.41) is 24.3. The predicted octanol–water partition coefficient (Wildman–Crippen LogP) is 3.10. The van der Waals surface area contributed by atoms with Gasteiger partial charge in [-0.15, -0.1) is 20.4 Å². The standard InChI is InChI=1S/C14H13N5O2S2/c20-10(15-14-19-18-13(23-14)8-1-2-8)3-4-11-16-17-12(21-11)9-5-6-22-7-9/h5-8H,1-4H2,(H,15,19,20). The summed E-state index contributed by atoms with van der Waals surface area (Å²) in [5.74, 6) is 1.36. The number of thiophene rings is 1. The lowest BCUT2D eigenvalue weighted by Crippen LogP contribution is -2.12. The normalized spacial score (nSPS) is 14.1. The molecule has 1 fully saturated rings. The lowest BCUT2D eigenvalue weighted by Gasteiger charge is -1.98. The molecule has 1 saturated carbocycles. The van der Waals surface area contributed by atoms with Crippen molar-refractivity contribution >= 4 is 33.7 Å². The summed E-state index contributed by atoms with van der Waals surface area (Å²) < 4.78 is 5.55. The van der Waals surface area contributed by atoms with Crippen LogP contribution in [0.4, 0.5) is 5.13 Å². The first-order chi connectivity index (χ1) is 11.3. The highest BCUT2D eigenvalue weighted by Crippen LogP contribution is 2.42. The summed E-state index contributed by atoms with van der Waals surface area (Å²) in [6.45, 7) is 0. The second-order valence-electron chi connectivity index (χ2n) is 5.28. The quantitative estimate of drug-likeness (QED) is 0.736. The number of nitrogens with zero attached hydrogens (tertiary/aromatic N) is 4. The van der Waals surface area contributed by atoms with Crippen molar-refractivity contribution in [2.45, 2.75) is 31.6 Å². The van der Waals surface area contributed by atoms with E-state index in [4.69, 9.17) is 4.42 Å². The summed E-state index contributed by atoms with van der Waals surface area (Å²) in [6.07, 6.45) is 3.01. The van der Waals surface area contributed by atoms with E-state index >= 15 is 0 Å². The van der Waals surface area contributed by atoms with Gasteiger partial charge in [0.25, 0.3) is 0 Å². The number of aryl methyl sites for hydroxylation is 1. The Hall–Kier alpha value is -2.13. The van der Waals surface area contributed by atoms with Gasteiger partial charge < -0.3 is 9.73 Å². The van der Waals surface area contributed by atoms with Gasteiger partial charge in [-0.2, -0.15) is 11.3 Å². The summed E-state index contributed by atoms with van der Waals surface area (Å²) >= 11 is 3.02. The largest absolute Gasteiger partial charge is 0.421 e. The molecule has 3 aromatic rings. The molecule has 23 heavy (non-hydrogen) atoms. The Labute approximate surface area is 139 Å². The molecule has 0 radical (unpaired) electrons. The van der Waals surface area contributed by atoms with Gasteiger partial charge in [0.15, 0.2) is 0 Å². The van der Waals surface area contributed by atoms with Crippen molar-refractivity contribution in [3.8, 4) is 11.5 Å². The van der Waals surface area contributed by atoms with Gasteiger partial charge in [-0.1, -0.05) is 11.3 Å². The van der Waals surface area contributed by atoms with E-state index in [9.17, 15) is 4.79 Å². The number of rotatable bonds is 6. The van der Waals surface area contributed by atoms with Crippen LogP contribution in [0.15, 0.2) is 21.2 Å². The number of carbonyl (C=O) groups is 1. The Morgan fingerprint density at radius 1 is 1.30 bits per heavy atom. The van der Waals surface area contributed by atoms with Crippen LogP contribution in [0.5, 0.6) is 0 Å². The molecule has 7 nitrogen and oxygen atoms in total. The molecule has 1 aliphatic rings. The number of amides is 1. The fourth-order valence-corrected chi connectivity index (χ4v) is 3.60. The maximum Gasteiger partial charge on any atom is 0.248 e. The van der Waals surface area contributed by atoms with Gasteiger partial charge in [0, 0.05) is 29.7 Å². The van der Waals surface area contributed by atoms with Crippen molar-refractivity contribution in [1.82, 2.24) is 20.4 Å². The molecule has 0 aromatic carbocycles. The van der Waals surface area contributed by atoms with Crippen LogP contribution in [-0.4, -0.2) is 26.3 Å². The number of nitrogens with one attached hydrogen (secondary N) is 1. The van der Waals surface area contributed by atoms with Crippen LogP contribution >= 0.6 is 22.7 Å². The summed E-state index contributed by atoms with van der Waals surface area (Å²) in [7, 11) is 0. The van der Waals surface area contributed by atoms with E-state index in [1.54, 1.807) is 11.3 Å². The van der Waals surface area contributed by atoms with Gasteiger partial charge in [0.05, 0.1) is 0 Å². The van der Waals surface area contributed by atoms with E-state index in [1.165, 1.54) is 24.2 Å². The van der Waals surface area contributed by atoms with Crippen molar-refractivity contribution in [2.75, 3.05) is 5.32 Å². The molecule has 1 aliphatic carbocycles. The fraction of sp³-hybridized carbons (Fsp3) is 0.357. The molecule has 4 rings (SSSR count). The minimum atomic E-state index is -0.126. The van der Waals surface area contributed by atoms with E-state index < -0.39 is 0 Å². The van der Waals surface area contributed by atoms with Gasteiger partial charge in [0.2, 0.25) is 22.8 Å². The van der Waals surface area contributed by atoms with Gasteiger partial charge in [-0.3, -0.25) is 4.79 Å². The molecule has 0 aliphatic heterocycles. The molecule has 1 amide bonds. The number of aromatic nitrogens is 4. The van der Waals surface area contributed by atoms with Crippen LogP contribution in [0.25, 0.3) is 11.5 Å². The maximum atomic E-state index is 12.0. The average molecular weight is 347 g/mol. The topological polar surface area (TPSA) is 93.8 Å². The number of hydrogen-bond donors (Lipinski definition) is 1. The van der Waals surface area contributed by atoms with Crippen LogP contribution in [-0.2, 0) is 11.2 Å². The minimum Gasteiger partial charge on any atom is -0.421 e. The number of anilines is 1. The van der Waals surface area contributed by atoms with E-state index in [1.807, 2.05) is 16.8 Å². The first kappa shape index (κ1) is 14.5. The molecule has 0 atom stereocenters. The third-order valence-corrected chi connectivity index (χ3v) is 5.10. The smallest absolute Gasteiger partial charge is 0.248 e. The highest BCUT2D eigenvalue weighted by Gasteiger charge is 2.27. The molecule has 118 valence electrons. The van der Waals surface area contributed by atoms with Gasteiger partial charge >= 0.3 is 0 Å². The highest BCUT2D eigenvalue weighted by molar-refractivity contribution is 7.15. The van der Waals surface area contributed by atoms with Gasteiger partial charge in [0.1, 0.15) is 5.01 Å². The predicted molar refractivity (Wildman–Crippen MR) is 86.4 cm³/mol. The van der Waals surface area contributed by atoms with Gasteiger partial charge in [-0.25, -0.2) is 0 Å². The van der Waals surface area contributed by atoms with Crippen LogP contribution in [0.3, 0.4) is 0 Å². The highest BCUT2D eigenvalue weighted by atomic mass is 32.1. The Morgan fingerprint density at radius 2 is 2.22 bits per heavy atom. The third kappa shape index (κ3) is 3.45. The maximum absolute atomic E-state index is 12.0. The zero-order chi connectivity index (χ0) is 15.6. The van der Waals surface area contributed by atoms with Gasteiger partial charge in [-0.05, 0) is 24.3 Å². The summed E-state index contributed by atoms with van der Waals surface area (Å²) in [5.41, 5.74) is 0.902. The van der Waals surface area contributed by atoms with Crippen LogP contribution in [0, 0.1) is 0 Å². The Kier molecular flexibility index (Phi) is 3.88. The Morgan fingerprint density at radius 3 is 3.00 bits per heavy atom. The molecule has 0 unspecified atom stereocenters. The zero-order valence-electron chi connectivity index (χ0n) is 12.1. The lowest BCUT2D eigenvalue weighted by molar-refractivity contribution is -0.116.